The highest BCUT2D eigenvalue weighted by molar-refractivity contribution is 5.76. The molecule has 2 unspecified atom stereocenters. The Labute approximate surface area is 126 Å². The van der Waals surface area contributed by atoms with Crippen LogP contribution in [-0.2, 0) is 7.05 Å². The second kappa shape index (κ2) is 5.78. The average molecular weight is 287 g/mol. The number of likely N-dealkylation sites (tertiary alicyclic amines) is 1. The number of imidazole rings is 1. The number of aryl methyl sites for hydroxylation is 2. The molecule has 0 aliphatic carbocycles. The van der Waals surface area contributed by atoms with Gasteiger partial charge in [0, 0.05) is 20.1 Å². The summed E-state index contributed by atoms with van der Waals surface area (Å²) >= 11 is 0. The summed E-state index contributed by atoms with van der Waals surface area (Å²) in [6.45, 7) is 7.22. The molecular weight excluding hydrogens is 262 g/mol. The fraction of sp³-hybridized carbons (Fsp3) is 0.588. The van der Waals surface area contributed by atoms with E-state index in [0.29, 0.717) is 0 Å². The molecule has 1 aromatic heterocycles. The molecule has 1 aliphatic rings. The Morgan fingerprint density at radius 1 is 1.43 bits per heavy atom. The Bertz CT molecular complexity index is 634. The molecule has 0 radical (unpaired) electrons. The van der Waals surface area contributed by atoms with Crippen molar-refractivity contribution in [2.24, 2.45) is 13.0 Å². The van der Waals surface area contributed by atoms with Crippen LogP contribution in [0.25, 0.3) is 11.0 Å². The standard InChI is InChI=1S/C17H25N3O/c1-12-5-4-8-20(10-12)11-17(21)14-6-7-16-15(9-14)18-13(2)19(16)3/h6-7,9,12,17,21H,4-5,8,10-11H2,1-3H3. The van der Waals surface area contributed by atoms with Crippen LogP contribution in [0.3, 0.4) is 0 Å². The zero-order chi connectivity index (χ0) is 15.0. The van der Waals surface area contributed by atoms with Crippen LogP contribution in [0.5, 0.6) is 0 Å². The zero-order valence-electron chi connectivity index (χ0n) is 13.2. The van der Waals surface area contributed by atoms with Crippen LogP contribution in [0.15, 0.2) is 18.2 Å². The summed E-state index contributed by atoms with van der Waals surface area (Å²) in [5.41, 5.74) is 3.06. The molecule has 0 spiro atoms. The first-order chi connectivity index (χ1) is 10.0. The molecule has 2 aromatic rings. The lowest BCUT2D eigenvalue weighted by Crippen LogP contribution is -2.37. The molecule has 0 bridgehead atoms. The number of piperidine rings is 1. The molecule has 0 saturated carbocycles. The lowest BCUT2D eigenvalue weighted by Gasteiger charge is -2.32. The topological polar surface area (TPSA) is 41.3 Å². The maximum absolute atomic E-state index is 10.5. The van der Waals surface area contributed by atoms with E-state index in [1.165, 1.54) is 12.8 Å². The minimum atomic E-state index is -0.429. The summed E-state index contributed by atoms with van der Waals surface area (Å²) in [4.78, 5) is 6.93. The van der Waals surface area contributed by atoms with Gasteiger partial charge in [-0.25, -0.2) is 4.98 Å². The smallest absolute Gasteiger partial charge is 0.106 e. The first-order valence-corrected chi connectivity index (χ1v) is 7.88. The van der Waals surface area contributed by atoms with Crippen LogP contribution in [-0.4, -0.2) is 39.2 Å². The van der Waals surface area contributed by atoms with Crippen molar-refractivity contribution in [3.63, 3.8) is 0 Å². The van der Waals surface area contributed by atoms with E-state index in [1.807, 2.05) is 26.1 Å². The number of hydrogen-bond acceptors (Lipinski definition) is 3. The maximum Gasteiger partial charge on any atom is 0.106 e. The van der Waals surface area contributed by atoms with Gasteiger partial charge in [-0.15, -0.1) is 0 Å². The third-order valence-corrected chi connectivity index (χ3v) is 4.69. The minimum absolute atomic E-state index is 0.429. The quantitative estimate of drug-likeness (QED) is 0.943. The fourth-order valence-corrected chi connectivity index (χ4v) is 3.35. The fourth-order valence-electron chi connectivity index (χ4n) is 3.35. The molecule has 1 saturated heterocycles. The summed E-state index contributed by atoms with van der Waals surface area (Å²) in [5.74, 6) is 1.74. The van der Waals surface area contributed by atoms with Gasteiger partial charge in [-0.2, -0.15) is 0 Å². The van der Waals surface area contributed by atoms with E-state index in [9.17, 15) is 5.11 Å². The van der Waals surface area contributed by atoms with Gasteiger partial charge in [0.25, 0.3) is 0 Å². The number of aliphatic hydroxyl groups excluding tert-OH is 1. The Morgan fingerprint density at radius 3 is 3.00 bits per heavy atom. The highest BCUT2D eigenvalue weighted by atomic mass is 16.3. The van der Waals surface area contributed by atoms with Crippen LogP contribution < -0.4 is 0 Å². The van der Waals surface area contributed by atoms with E-state index in [4.69, 9.17) is 0 Å². The van der Waals surface area contributed by atoms with Crippen molar-refractivity contribution in [2.75, 3.05) is 19.6 Å². The maximum atomic E-state index is 10.5. The first kappa shape index (κ1) is 14.5. The Balaban J connectivity index is 1.76. The molecule has 2 heterocycles. The number of β-amino-alcohol motifs (C(OH)–C–C–N with tert-alkyl or cyclic N) is 1. The van der Waals surface area contributed by atoms with Gasteiger partial charge in [0.2, 0.25) is 0 Å². The van der Waals surface area contributed by atoms with Gasteiger partial charge in [0.05, 0.1) is 17.1 Å². The van der Waals surface area contributed by atoms with Crippen molar-refractivity contribution >= 4 is 11.0 Å². The lowest BCUT2D eigenvalue weighted by atomic mass is 9.99. The molecule has 3 rings (SSSR count). The average Bonchev–Trinajstić information content (AvgIpc) is 2.73. The summed E-state index contributed by atoms with van der Waals surface area (Å²) in [6, 6.07) is 6.12. The normalized spacial score (nSPS) is 21.8. The Kier molecular flexibility index (Phi) is 4.00. The third-order valence-electron chi connectivity index (χ3n) is 4.69. The molecule has 1 fully saturated rings. The molecule has 4 heteroatoms. The number of fused-ring (bicyclic) bond motifs is 1. The minimum Gasteiger partial charge on any atom is -0.387 e. The van der Waals surface area contributed by atoms with Crippen molar-refractivity contribution < 1.29 is 5.11 Å². The lowest BCUT2D eigenvalue weighted by molar-refractivity contribution is 0.0876. The van der Waals surface area contributed by atoms with Gasteiger partial charge in [0.15, 0.2) is 0 Å². The van der Waals surface area contributed by atoms with E-state index in [1.54, 1.807) is 0 Å². The van der Waals surface area contributed by atoms with Crippen LogP contribution in [0.2, 0.25) is 0 Å². The number of rotatable bonds is 3. The molecule has 1 aliphatic heterocycles. The summed E-state index contributed by atoms with van der Waals surface area (Å²) in [7, 11) is 2.02. The molecule has 0 amide bonds. The molecule has 1 N–H and O–H groups in total. The highest BCUT2D eigenvalue weighted by Gasteiger charge is 2.20. The molecular formula is C17H25N3O. The zero-order valence-corrected chi connectivity index (χ0v) is 13.2. The van der Waals surface area contributed by atoms with E-state index in [-0.39, 0.29) is 0 Å². The monoisotopic (exact) mass is 287 g/mol. The van der Waals surface area contributed by atoms with Crippen LogP contribution in [0, 0.1) is 12.8 Å². The number of aliphatic hydroxyl groups is 1. The van der Waals surface area contributed by atoms with Crippen molar-refractivity contribution in [3.05, 3.63) is 29.6 Å². The van der Waals surface area contributed by atoms with Crippen LogP contribution >= 0.6 is 0 Å². The van der Waals surface area contributed by atoms with Gasteiger partial charge >= 0.3 is 0 Å². The number of benzene rings is 1. The number of nitrogens with zero attached hydrogens (tertiary/aromatic N) is 3. The molecule has 114 valence electrons. The molecule has 2 atom stereocenters. The molecule has 4 nitrogen and oxygen atoms in total. The van der Waals surface area contributed by atoms with E-state index in [2.05, 4.69) is 27.4 Å². The number of hydrogen-bond donors (Lipinski definition) is 1. The van der Waals surface area contributed by atoms with Gasteiger partial charge in [-0.1, -0.05) is 13.0 Å². The summed E-state index contributed by atoms with van der Waals surface area (Å²) < 4.78 is 2.08. The van der Waals surface area contributed by atoms with Gasteiger partial charge in [-0.3, -0.25) is 0 Å². The predicted octanol–water partition coefficient (Wildman–Crippen LogP) is 2.65. The van der Waals surface area contributed by atoms with Crippen molar-refractivity contribution in [1.82, 2.24) is 14.5 Å². The van der Waals surface area contributed by atoms with Gasteiger partial charge < -0.3 is 14.6 Å². The second-order valence-electron chi connectivity index (χ2n) is 6.49. The van der Waals surface area contributed by atoms with E-state index in [0.717, 1.165) is 48.0 Å². The predicted molar refractivity (Wildman–Crippen MR) is 85.2 cm³/mol. The largest absolute Gasteiger partial charge is 0.387 e. The summed E-state index contributed by atoms with van der Waals surface area (Å²) in [6.07, 6.45) is 2.13. The third kappa shape index (κ3) is 2.97. The SMILES string of the molecule is Cc1nc2cc(C(O)CN3CCCC(C)C3)ccc2n1C. The van der Waals surface area contributed by atoms with Crippen molar-refractivity contribution in [1.29, 1.82) is 0 Å². The van der Waals surface area contributed by atoms with Crippen molar-refractivity contribution in [3.8, 4) is 0 Å². The van der Waals surface area contributed by atoms with Crippen LogP contribution in [0.1, 0.15) is 37.3 Å². The number of aromatic nitrogens is 2. The van der Waals surface area contributed by atoms with E-state index < -0.39 is 6.10 Å². The molecule has 21 heavy (non-hydrogen) atoms. The van der Waals surface area contributed by atoms with Gasteiger partial charge in [0.1, 0.15) is 5.82 Å². The Hall–Kier alpha value is -1.39. The van der Waals surface area contributed by atoms with E-state index >= 15 is 0 Å². The molecule has 1 aromatic carbocycles. The highest BCUT2D eigenvalue weighted by Crippen LogP contribution is 2.23. The first-order valence-electron chi connectivity index (χ1n) is 7.88. The van der Waals surface area contributed by atoms with Crippen LogP contribution in [0.4, 0.5) is 0 Å². The second-order valence-corrected chi connectivity index (χ2v) is 6.49. The van der Waals surface area contributed by atoms with Crippen molar-refractivity contribution in [2.45, 2.75) is 32.8 Å². The Morgan fingerprint density at radius 2 is 2.24 bits per heavy atom. The summed E-state index contributed by atoms with van der Waals surface area (Å²) in [5, 5.41) is 10.5. The van der Waals surface area contributed by atoms with Gasteiger partial charge in [-0.05, 0) is 49.9 Å².